The SMILES string of the molecule is OPc1ccc(-c2ccc3c(-c4ccccc4)c4ccccc4c(-c4ccccc4)c3c2)cc1. The molecule has 0 spiro atoms. The van der Waals surface area contributed by atoms with Crippen LogP contribution >= 0.6 is 8.81 Å². The lowest BCUT2D eigenvalue weighted by molar-refractivity contribution is 0.655. The maximum atomic E-state index is 9.47. The molecule has 0 radical (unpaired) electrons. The molecule has 0 saturated carbocycles. The van der Waals surface area contributed by atoms with Gasteiger partial charge in [-0.15, -0.1) is 0 Å². The zero-order valence-electron chi connectivity index (χ0n) is 18.6. The van der Waals surface area contributed by atoms with Crippen LogP contribution in [0.1, 0.15) is 0 Å². The van der Waals surface area contributed by atoms with Gasteiger partial charge in [-0.25, -0.2) is 0 Å². The molecule has 0 fully saturated rings. The summed E-state index contributed by atoms with van der Waals surface area (Å²) in [5, 5.41) is 5.97. The molecule has 6 rings (SSSR count). The molecular formula is C32H23OP. The third kappa shape index (κ3) is 3.60. The van der Waals surface area contributed by atoms with Crippen molar-refractivity contribution in [3.05, 3.63) is 127 Å². The van der Waals surface area contributed by atoms with Crippen molar-refractivity contribution in [2.75, 3.05) is 0 Å². The summed E-state index contributed by atoms with van der Waals surface area (Å²) in [7, 11) is -0.181. The lowest BCUT2D eigenvalue weighted by atomic mass is 9.85. The minimum atomic E-state index is -0.181. The van der Waals surface area contributed by atoms with Crippen molar-refractivity contribution in [1.29, 1.82) is 0 Å². The van der Waals surface area contributed by atoms with Gasteiger partial charge in [-0.2, -0.15) is 0 Å². The Morgan fingerprint density at radius 3 is 1.41 bits per heavy atom. The first-order valence-corrected chi connectivity index (χ1v) is 12.4. The van der Waals surface area contributed by atoms with Gasteiger partial charge in [0.2, 0.25) is 0 Å². The van der Waals surface area contributed by atoms with Crippen LogP contribution in [0.3, 0.4) is 0 Å². The van der Waals surface area contributed by atoms with Crippen molar-refractivity contribution in [1.82, 2.24) is 0 Å². The number of rotatable bonds is 4. The quantitative estimate of drug-likeness (QED) is 0.210. The van der Waals surface area contributed by atoms with Gasteiger partial charge >= 0.3 is 0 Å². The molecule has 1 atom stereocenters. The van der Waals surface area contributed by atoms with Crippen LogP contribution in [-0.2, 0) is 0 Å². The van der Waals surface area contributed by atoms with E-state index < -0.39 is 0 Å². The van der Waals surface area contributed by atoms with Crippen molar-refractivity contribution in [3.8, 4) is 33.4 Å². The van der Waals surface area contributed by atoms with E-state index in [9.17, 15) is 4.89 Å². The van der Waals surface area contributed by atoms with Crippen LogP contribution in [0.2, 0.25) is 0 Å². The number of hydrogen-bond donors (Lipinski definition) is 1. The summed E-state index contributed by atoms with van der Waals surface area (Å²) in [6.45, 7) is 0. The molecule has 6 aromatic carbocycles. The minimum absolute atomic E-state index is 0.181. The monoisotopic (exact) mass is 454 g/mol. The Morgan fingerprint density at radius 2 is 0.853 bits per heavy atom. The third-order valence-corrected chi connectivity index (χ3v) is 7.09. The maximum absolute atomic E-state index is 9.47. The second-order valence-corrected chi connectivity index (χ2v) is 9.28. The summed E-state index contributed by atoms with van der Waals surface area (Å²) in [4.78, 5) is 9.47. The zero-order valence-corrected chi connectivity index (χ0v) is 19.6. The van der Waals surface area contributed by atoms with Crippen LogP contribution in [0.5, 0.6) is 0 Å². The summed E-state index contributed by atoms with van der Waals surface area (Å²) in [6.07, 6.45) is 0. The van der Waals surface area contributed by atoms with Crippen LogP contribution in [0.4, 0.5) is 0 Å². The van der Waals surface area contributed by atoms with Crippen LogP contribution < -0.4 is 5.30 Å². The molecule has 1 nitrogen and oxygen atoms in total. The van der Waals surface area contributed by atoms with E-state index in [2.05, 4.69) is 115 Å². The normalized spacial score (nSPS) is 11.6. The van der Waals surface area contributed by atoms with Gasteiger partial charge in [-0.1, -0.05) is 121 Å². The van der Waals surface area contributed by atoms with E-state index in [1.54, 1.807) is 0 Å². The Kier molecular flexibility index (Phi) is 5.43. The Bertz CT molecular complexity index is 1600. The standard InChI is InChI=1S/C32H23OP/c33-34-26-18-15-22(16-19-26)25-17-20-29-30(21-25)32(24-11-5-2-6-12-24)28-14-8-7-13-27(28)31(29)23-9-3-1-4-10-23/h1-21,33-34H. The van der Waals surface area contributed by atoms with Crippen molar-refractivity contribution in [2.45, 2.75) is 0 Å². The predicted octanol–water partition coefficient (Wildman–Crippen LogP) is 8.21. The molecule has 1 N–H and O–H groups in total. The summed E-state index contributed by atoms with van der Waals surface area (Å²) >= 11 is 0. The van der Waals surface area contributed by atoms with Crippen molar-refractivity contribution in [3.63, 3.8) is 0 Å². The summed E-state index contributed by atoms with van der Waals surface area (Å²) in [5.41, 5.74) is 7.31. The lowest BCUT2D eigenvalue weighted by Gasteiger charge is -2.18. The average molecular weight is 455 g/mol. The fraction of sp³-hybridized carbons (Fsp3) is 0. The first-order valence-electron chi connectivity index (χ1n) is 11.4. The van der Waals surface area contributed by atoms with Gasteiger partial charge in [-0.05, 0) is 66.3 Å². The summed E-state index contributed by atoms with van der Waals surface area (Å²) < 4.78 is 0. The highest BCUT2D eigenvalue weighted by molar-refractivity contribution is 7.40. The van der Waals surface area contributed by atoms with Crippen LogP contribution in [-0.4, -0.2) is 4.89 Å². The Balaban J connectivity index is 1.74. The highest BCUT2D eigenvalue weighted by Crippen LogP contribution is 2.44. The van der Waals surface area contributed by atoms with Gasteiger partial charge in [0.25, 0.3) is 0 Å². The highest BCUT2D eigenvalue weighted by Gasteiger charge is 2.17. The molecule has 6 aromatic rings. The van der Waals surface area contributed by atoms with E-state index in [0.29, 0.717) is 0 Å². The largest absolute Gasteiger partial charge is 0.372 e. The molecule has 0 heterocycles. The summed E-state index contributed by atoms with van der Waals surface area (Å²) in [5.74, 6) is 0. The molecule has 2 heteroatoms. The number of benzene rings is 6. The van der Waals surface area contributed by atoms with Crippen molar-refractivity contribution < 1.29 is 4.89 Å². The minimum Gasteiger partial charge on any atom is -0.372 e. The van der Waals surface area contributed by atoms with E-state index >= 15 is 0 Å². The molecule has 34 heavy (non-hydrogen) atoms. The van der Waals surface area contributed by atoms with E-state index in [1.807, 2.05) is 12.1 Å². The van der Waals surface area contributed by atoms with Crippen LogP contribution in [0, 0.1) is 0 Å². The lowest BCUT2D eigenvalue weighted by Crippen LogP contribution is -1.93. The van der Waals surface area contributed by atoms with Gasteiger partial charge in [0.1, 0.15) is 0 Å². The molecule has 0 amide bonds. The first-order chi connectivity index (χ1) is 16.8. The van der Waals surface area contributed by atoms with E-state index in [1.165, 1.54) is 49.4 Å². The molecule has 0 aliphatic carbocycles. The van der Waals surface area contributed by atoms with E-state index in [4.69, 9.17) is 0 Å². The number of hydrogen-bond acceptors (Lipinski definition) is 1. The number of fused-ring (bicyclic) bond motifs is 2. The topological polar surface area (TPSA) is 20.2 Å². The Labute approximate surface area is 201 Å². The smallest absolute Gasteiger partial charge is 0.0420 e. The van der Waals surface area contributed by atoms with Gasteiger partial charge in [0, 0.05) is 8.81 Å². The first kappa shape index (κ1) is 20.8. The predicted molar refractivity (Wildman–Crippen MR) is 148 cm³/mol. The van der Waals surface area contributed by atoms with Crippen molar-refractivity contribution >= 4 is 35.7 Å². The Morgan fingerprint density at radius 1 is 0.382 bits per heavy atom. The molecule has 0 aromatic heterocycles. The highest BCUT2D eigenvalue weighted by atomic mass is 31.1. The second kappa shape index (κ2) is 8.88. The van der Waals surface area contributed by atoms with E-state index in [0.717, 1.165) is 10.9 Å². The summed E-state index contributed by atoms with van der Waals surface area (Å²) in [6, 6.07) is 45.2. The van der Waals surface area contributed by atoms with Crippen molar-refractivity contribution in [2.24, 2.45) is 0 Å². The van der Waals surface area contributed by atoms with E-state index in [-0.39, 0.29) is 8.81 Å². The van der Waals surface area contributed by atoms with Gasteiger partial charge < -0.3 is 4.89 Å². The maximum Gasteiger partial charge on any atom is 0.0420 e. The molecule has 162 valence electrons. The molecule has 1 unspecified atom stereocenters. The van der Waals surface area contributed by atoms with Gasteiger partial charge in [-0.3, -0.25) is 0 Å². The van der Waals surface area contributed by atoms with Crippen LogP contribution in [0.15, 0.2) is 127 Å². The molecule has 0 aliphatic rings. The molecular weight excluding hydrogens is 431 g/mol. The van der Waals surface area contributed by atoms with Gasteiger partial charge in [0.15, 0.2) is 0 Å². The average Bonchev–Trinajstić information content (AvgIpc) is 2.92. The third-order valence-electron chi connectivity index (χ3n) is 6.50. The molecule has 0 bridgehead atoms. The molecule has 0 saturated heterocycles. The zero-order chi connectivity index (χ0) is 22.9. The van der Waals surface area contributed by atoms with Gasteiger partial charge in [0.05, 0.1) is 0 Å². The molecule has 0 aliphatic heterocycles. The van der Waals surface area contributed by atoms with Crippen LogP contribution in [0.25, 0.3) is 54.9 Å². The fourth-order valence-corrected chi connectivity index (χ4v) is 5.24. The Hall–Kier alpha value is -3.77. The second-order valence-electron chi connectivity index (χ2n) is 8.48. The fourth-order valence-electron chi connectivity index (χ4n) is 4.93.